The van der Waals surface area contributed by atoms with E-state index in [9.17, 15) is 8.42 Å². The molecule has 3 N–H and O–H groups in total. The largest absolute Gasteiger partial charge is 0.398 e. The average molecular weight is 297 g/mol. The lowest BCUT2D eigenvalue weighted by molar-refractivity contribution is 0.290. The van der Waals surface area contributed by atoms with Gasteiger partial charge in [0.05, 0.1) is 5.69 Å². The van der Waals surface area contributed by atoms with Gasteiger partial charge in [0.2, 0.25) is 10.0 Å². The highest BCUT2D eigenvalue weighted by atomic mass is 32.2. The number of likely N-dealkylation sites (tertiary alicyclic amines) is 1. The van der Waals surface area contributed by atoms with Crippen molar-refractivity contribution in [3.63, 3.8) is 0 Å². The lowest BCUT2D eigenvalue weighted by Gasteiger charge is -2.19. The Morgan fingerprint density at radius 2 is 1.75 bits per heavy atom. The molecule has 1 saturated heterocycles. The maximum Gasteiger partial charge on any atom is 0.242 e. The van der Waals surface area contributed by atoms with E-state index in [1.807, 2.05) is 0 Å². The topological polar surface area (TPSA) is 75.4 Å². The molecule has 112 valence electrons. The molecule has 0 aromatic heterocycles. The van der Waals surface area contributed by atoms with Crippen LogP contribution in [-0.4, -0.2) is 39.5 Å². The standard InChI is InChI=1S/C14H23N3O2S/c15-13-7-3-4-8-14(13)20(18,19)16-9-12-17-10-5-1-2-6-11-17/h3-4,7-8,16H,1-2,5-6,9-12,15H2. The van der Waals surface area contributed by atoms with Gasteiger partial charge >= 0.3 is 0 Å². The fraction of sp³-hybridized carbons (Fsp3) is 0.571. The van der Waals surface area contributed by atoms with Gasteiger partial charge in [-0.25, -0.2) is 13.1 Å². The Labute approximate surface area is 121 Å². The summed E-state index contributed by atoms with van der Waals surface area (Å²) in [6, 6.07) is 6.54. The Morgan fingerprint density at radius 3 is 2.40 bits per heavy atom. The van der Waals surface area contributed by atoms with Crippen molar-refractivity contribution in [1.29, 1.82) is 0 Å². The first-order chi connectivity index (χ1) is 9.59. The Bertz CT molecular complexity index is 523. The van der Waals surface area contributed by atoms with Gasteiger partial charge in [0.25, 0.3) is 0 Å². The number of nitrogens with one attached hydrogen (secondary N) is 1. The summed E-state index contributed by atoms with van der Waals surface area (Å²) in [7, 11) is -3.50. The molecule has 0 saturated carbocycles. The molecule has 0 atom stereocenters. The van der Waals surface area contributed by atoms with Crippen molar-refractivity contribution < 1.29 is 8.42 Å². The van der Waals surface area contributed by atoms with Gasteiger partial charge in [0.15, 0.2) is 0 Å². The van der Waals surface area contributed by atoms with E-state index in [-0.39, 0.29) is 10.6 Å². The Balaban J connectivity index is 1.88. The quantitative estimate of drug-likeness (QED) is 0.806. The Morgan fingerprint density at radius 1 is 1.10 bits per heavy atom. The molecule has 2 rings (SSSR count). The third-order valence-electron chi connectivity index (χ3n) is 3.63. The lowest BCUT2D eigenvalue weighted by Crippen LogP contribution is -2.35. The monoisotopic (exact) mass is 297 g/mol. The molecule has 1 aromatic carbocycles. The second-order valence-electron chi connectivity index (χ2n) is 5.19. The zero-order valence-electron chi connectivity index (χ0n) is 11.7. The third kappa shape index (κ3) is 4.19. The summed E-state index contributed by atoms with van der Waals surface area (Å²) in [6.45, 7) is 3.31. The van der Waals surface area contributed by atoms with Crippen LogP contribution in [0.2, 0.25) is 0 Å². The zero-order chi connectivity index (χ0) is 14.4. The summed E-state index contributed by atoms with van der Waals surface area (Å²) in [5.74, 6) is 0. The van der Waals surface area contributed by atoms with Crippen LogP contribution in [0, 0.1) is 0 Å². The van der Waals surface area contributed by atoms with Gasteiger partial charge in [-0.05, 0) is 38.1 Å². The van der Waals surface area contributed by atoms with Crippen LogP contribution in [0.1, 0.15) is 25.7 Å². The van der Waals surface area contributed by atoms with Crippen molar-refractivity contribution >= 4 is 15.7 Å². The molecule has 0 spiro atoms. The molecule has 1 fully saturated rings. The second-order valence-corrected chi connectivity index (χ2v) is 6.93. The summed E-state index contributed by atoms with van der Waals surface area (Å²) in [5.41, 5.74) is 6.00. The van der Waals surface area contributed by atoms with E-state index in [0.29, 0.717) is 6.54 Å². The predicted octanol–water partition coefficient (Wildman–Crippen LogP) is 1.42. The minimum Gasteiger partial charge on any atom is -0.398 e. The van der Waals surface area contributed by atoms with E-state index >= 15 is 0 Å². The second kappa shape index (κ2) is 7.06. The highest BCUT2D eigenvalue weighted by Gasteiger charge is 2.17. The number of rotatable bonds is 5. The minimum absolute atomic E-state index is 0.163. The molecule has 0 amide bonds. The highest BCUT2D eigenvalue weighted by Crippen LogP contribution is 2.16. The van der Waals surface area contributed by atoms with Crippen LogP contribution >= 0.6 is 0 Å². The van der Waals surface area contributed by atoms with E-state index in [0.717, 1.165) is 19.6 Å². The van der Waals surface area contributed by atoms with Crippen LogP contribution in [0.4, 0.5) is 5.69 Å². The number of hydrogen-bond donors (Lipinski definition) is 2. The number of benzene rings is 1. The first-order valence-corrected chi connectivity index (χ1v) is 8.64. The molecule has 1 aliphatic heterocycles. The van der Waals surface area contributed by atoms with Crippen LogP contribution in [0.5, 0.6) is 0 Å². The van der Waals surface area contributed by atoms with Crippen molar-refractivity contribution in [2.24, 2.45) is 0 Å². The number of sulfonamides is 1. The fourth-order valence-electron chi connectivity index (χ4n) is 2.50. The molecule has 1 aromatic rings. The van der Waals surface area contributed by atoms with Crippen LogP contribution in [0.25, 0.3) is 0 Å². The van der Waals surface area contributed by atoms with Crippen molar-refractivity contribution in [2.75, 3.05) is 31.9 Å². The molecule has 6 heteroatoms. The third-order valence-corrected chi connectivity index (χ3v) is 5.16. The van der Waals surface area contributed by atoms with Crippen molar-refractivity contribution in [2.45, 2.75) is 30.6 Å². The maximum atomic E-state index is 12.2. The van der Waals surface area contributed by atoms with Crippen LogP contribution < -0.4 is 10.5 Å². The molecular formula is C14H23N3O2S. The van der Waals surface area contributed by atoms with E-state index in [1.54, 1.807) is 18.2 Å². The summed E-state index contributed by atoms with van der Waals surface area (Å²) in [4.78, 5) is 2.49. The van der Waals surface area contributed by atoms with E-state index in [1.165, 1.54) is 31.7 Å². The fourth-order valence-corrected chi connectivity index (χ4v) is 3.65. The number of nitrogens with two attached hydrogens (primary N) is 1. The van der Waals surface area contributed by atoms with Gasteiger partial charge in [-0.1, -0.05) is 25.0 Å². The smallest absolute Gasteiger partial charge is 0.242 e. The predicted molar refractivity (Wildman–Crippen MR) is 81.0 cm³/mol. The van der Waals surface area contributed by atoms with Gasteiger partial charge in [-0.2, -0.15) is 0 Å². The highest BCUT2D eigenvalue weighted by molar-refractivity contribution is 7.89. The van der Waals surface area contributed by atoms with Gasteiger partial charge in [0.1, 0.15) is 4.90 Å². The number of anilines is 1. The van der Waals surface area contributed by atoms with Crippen LogP contribution in [0.15, 0.2) is 29.2 Å². The van der Waals surface area contributed by atoms with Gasteiger partial charge in [-0.3, -0.25) is 0 Å². The van der Waals surface area contributed by atoms with E-state index < -0.39 is 10.0 Å². The zero-order valence-corrected chi connectivity index (χ0v) is 12.5. The van der Waals surface area contributed by atoms with Crippen LogP contribution in [0.3, 0.4) is 0 Å². The van der Waals surface area contributed by atoms with Crippen molar-refractivity contribution in [3.8, 4) is 0 Å². The Hall–Kier alpha value is -1.11. The van der Waals surface area contributed by atoms with Gasteiger partial charge in [0, 0.05) is 13.1 Å². The first-order valence-electron chi connectivity index (χ1n) is 7.16. The molecular weight excluding hydrogens is 274 g/mol. The Kier molecular flexibility index (Phi) is 5.39. The summed E-state index contributed by atoms with van der Waals surface area (Å²) in [5, 5.41) is 0. The number of nitrogen functional groups attached to an aromatic ring is 1. The average Bonchev–Trinajstić information content (AvgIpc) is 2.67. The molecule has 0 unspecified atom stereocenters. The van der Waals surface area contributed by atoms with Gasteiger partial charge < -0.3 is 10.6 Å². The molecule has 0 aliphatic carbocycles. The molecule has 20 heavy (non-hydrogen) atoms. The number of para-hydroxylation sites is 1. The van der Waals surface area contributed by atoms with E-state index in [2.05, 4.69) is 9.62 Å². The van der Waals surface area contributed by atoms with Crippen molar-refractivity contribution in [1.82, 2.24) is 9.62 Å². The summed E-state index contributed by atoms with van der Waals surface area (Å²) < 4.78 is 26.9. The SMILES string of the molecule is Nc1ccccc1S(=O)(=O)NCCN1CCCCCC1. The maximum absolute atomic E-state index is 12.2. The van der Waals surface area contributed by atoms with Crippen LogP contribution in [-0.2, 0) is 10.0 Å². The van der Waals surface area contributed by atoms with E-state index in [4.69, 9.17) is 5.73 Å². The number of hydrogen-bond acceptors (Lipinski definition) is 4. The molecule has 1 heterocycles. The first kappa shape index (κ1) is 15.3. The molecule has 0 radical (unpaired) electrons. The number of nitrogens with zero attached hydrogens (tertiary/aromatic N) is 1. The molecule has 0 bridgehead atoms. The lowest BCUT2D eigenvalue weighted by atomic mass is 10.2. The minimum atomic E-state index is -3.50. The van der Waals surface area contributed by atoms with Crippen molar-refractivity contribution in [3.05, 3.63) is 24.3 Å². The normalized spacial score (nSPS) is 17.8. The summed E-state index contributed by atoms with van der Waals surface area (Å²) >= 11 is 0. The summed E-state index contributed by atoms with van der Waals surface area (Å²) in [6.07, 6.45) is 4.97. The molecule has 5 nitrogen and oxygen atoms in total. The van der Waals surface area contributed by atoms with Gasteiger partial charge in [-0.15, -0.1) is 0 Å². The molecule has 1 aliphatic rings.